The van der Waals surface area contributed by atoms with Crippen LogP contribution in [0.2, 0.25) is 0 Å². The van der Waals surface area contributed by atoms with Crippen LogP contribution in [0.4, 0.5) is 5.69 Å². The first kappa shape index (κ1) is 17.6. The van der Waals surface area contributed by atoms with Crippen molar-refractivity contribution in [3.05, 3.63) is 59.9 Å². The van der Waals surface area contributed by atoms with Crippen molar-refractivity contribution < 1.29 is 19.1 Å². The minimum absolute atomic E-state index is 0.112. The van der Waals surface area contributed by atoms with Gasteiger partial charge in [-0.2, -0.15) is 0 Å². The molecule has 0 aliphatic carbocycles. The van der Waals surface area contributed by atoms with E-state index in [4.69, 9.17) is 9.47 Å². The smallest absolute Gasteiger partial charge is 0.274 e. The minimum Gasteiger partial charge on any atom is -0.347 e. The highest BCUT2D eigenvalue weighted by molar-refractivity contribution is 6.04. The Kier molecular flexibility index (Phi) is 4.87. The summed E-state index contributed by atoms with van der Waals surface area (Å²) in [5.41, 5.74) is 1.34. The average Bonchev–Trinajstić information content (AvgIpc) is 3.17. The van der Waals surface area contributed by atoms with E-state index in [1.807, 2.05) is 18.2 Å². The number of amides is 2. The summed E-state index contributed by atoms with van der Waals surface area (Å²) in [6.45, 7) is 2.34. The number of aromatic nitrogens is 1. The monoisotopic (exact) mass is 367 g/mol. The van der Waals surface area contributed by atoms with Gasteiger partial charge in [0.1, 0.15) is 5.69 Å². The topological polar surface area (TPSA) is 80.8 Å². The van der Waals surface area contributed by atoms with Crippen molar-refractivity contribution in [3.63, 3.8) is 0 Å². The lowest BCUT2D eigenvalue weighted by Gasteiger charge is -2.37. The summed E-state index contributed by atoms with van der Waals surface area (Å²) in [5, 5.41) is 2.78. The van der Waals surface area contributed by atoms with Crippen molar-refractivity contribution in [3.8, 4) is 0 Å². The van der Waals surface area contributed by atoms with E-state index in [1.54, 1.807) is 23.1 Å². The van der Waals surface area contributed by atoms with Crippen LogP contribution in [0.1, 0.15) is 33.7 Å². The maximum Gasteiger partial charge on any atom is 0.274 e. The van der Waals surface area contributed by atoms with Gasteiger partial charge < -0.3 is 19.7 Å². The second-order valence-corrected chi connectivity index (χ2v) is 6.65. The number of para-hydroxylation sites is 1. The van der Waals surface area contributed by atoms with Crippen LogP contribution in [0.5, 0.6) is 0 Å². The van der Waals surface area contributed by atoms with Crippen molar-refractivity contribution in [2.24, 2.45) is 0 Å². The van der Waals surface area contributed by atoms with Crippen LogP contribution in [-0.4, -0.2) is 53.8 Å². The normalized spacial score (nSPS) is 18.4. The Hall–Kier alpha value is -2.77. The number of likely N-dealkylation sites (tertiary alicyclic amines) is 1. The molecule has 2 fully saturated rings. The molecule has 2 aromatic rings. The highest BCUT2D eigenvalue weighted by Gasteiger charge is 2.40. The lowest BCUT2D eigenvalue weighted by Crippen LogP contribution is -2.47. The van der Waals surface area contributed by atoms with E-state index >= 15 is 0 Å². The predicted octanol–water partition coefficient (Wildman–Crippen LogP) is 2.31. The predicted molar refractivity (Wildman–Crippen MR) is 98.4 cm³/mol. The number of benzene rings is 1. The van der Waals surface area contributed by atoms with Gasteiger partial charge in [0.2, 0.25) is 0 Å². The van der Waals surface area contributed by atoms with E-state index in [0.29, 0.717) is 50.4 Å². The molecule has 0 unspecified atom stereocenters. The van der Waals surface area contributed by atoms with E-state index in [1.165, 1.54) is 12.3 Å². The van der Waals surface area contributed by atoms with E-state index in [9.17, 15) is 9.59 Å². The maximum atomic E-state index is 12.8. The fourth-order valence-electron chi connectivity index (χ4n) is 3.42. The molecule has 0 saturated carbocycles. The summed E-state index contributed by atoms with van der Waals surface area (Å²) in [7, 11) is 0. The number of hydrogen-bond donors (Lipinski definition) is 1. The zero-order valence-electron chi connectivity index (χ0n) is 14.9. The molecule has 2 amide bonds. The molecular weight excluding hydrogens is 346 g/mol. The molecule has 27 heavy (non-hydrogen) atoms. The molecule has 1 N–H and O–H groups in total. The van der Waals surface area contributed by atoms with Gasteiger partial charge in [-0.15, -0.1) is 0 Å². The van der Waals surface area contributed by atoms with Crippen LogP contribution < -0.4 is 5.32 Å². The maximum absolute atomic E-state index is 12.8. The van der Waals surface area contributed by atoms with Crippen LogP contribution in [0.3, 0.4) is 0 Å². The highest BCUT2D eigenvalue weighted by Crippen LogP contribution is 2.31. The average molecular weight is 367 g/mol. The fraction of sp³-hybridized carbons (Fsp3) is 0.350. The molecule has 7 nitrogen and oxygen atoms in total. The Morgan fingerprint density at radius 2 is 1.74 bits per heavy atom. The molecule has 3 heterocycles. The molecule has 4 rings (SSSR count). The second-order valence-electron chi connectivity index (χ2n) is 6.65. The van der Waals surface area contributed by atoms with Gasteiger partial charge in [-0.25, -0.2) is 0 Å². The van der Waals surface area contributed by atoms with Crippen LogP contribution >= 0.6 is 0 Å². The largest absolute Gasteiger partial charge is 0.347 e. The SMILES string of the molecule is O=C(Nc1ccccc1)c1cc(C(=O)N2CCC3(CC2)OCCO3)ccn1. The third kappa shape index (κ3) is 3.84. The Balaban J connectivity index is 1.42. The van der Waals surface area contributed by atoms with Crippen LogP contribution in [0, 0.1) is 0 Å². The lowest BCUT2D eigenvalue weighted by molar-refractivity contribution is -0.181. The summed E-state index contributed by atoms with van der Waals surface area (Å²) < 4.78 is 11.4. The third-order valence-corrected chi connectivity index (χ3v) is 4.90. The van der Waals surface area contributed by atoms with Gasteiger partial charge in [-0.3, -0.25) is 14.6 Å². The van der Waals surface area contributed by atoms with E-state index in [2.05, 4.69) is 10.3 Å². The van der Waals surface area contributed by atoms with Gasteiger partial charge in [0.05, 0.1) is 13.2 Å². The summed E-state index contributed by atoms with van der Waals surface area (Å²) in [4.78, 5) is 31.1. The van der Waals surface area contributed by atoms with Crippen molar-refractivity contribution in [2.75, 3.05) is 31.6 Å². The van der Waals surface area contributed by atoms with E-state index < -0.39 is 5.79 Å². The number of anilines is 1. The van der Waals surface area contributed by atoms with Crippen LogP contribution in [0.15, 0.2) is 48.7 Å². The lowest BCUT2D eigenvalue weighted by atomic mass is 10.0. The molecule has 7 heteroatoms. The quantitative estimate of drug-likeness (QED) is 0.900. The van der Waals surface area contributed by atoms with Crippen LogP contribution in [-0.2, 0) is 9.47 Å². The summed E-state index contributed by atoms with van der Waals surface area (Å²) in [5.74, 6) is -0.976. The van der Waals surface area contributed by atoms with Crippen molar-refractivity contribution in [2.45, 2.75) is 18.6 Å². The van der Waals surface area contributed by atoms with Crippen molar-refractivity contribution in [1.29, 1.82) is 0 Å². The first-order valence-electron chi connectivity index (χ1n) is 9.05. The van der Waals surface area contributed by atoms with E-state index in [-0.39, 0.29) is 17.5 Å². The van der Waals surface area contributed by atoms with Gasteiger partial charge in [0.15, 0.2) is 5.79 Å². The molecule has 1 aromatic carbocycles. The number of rotatable bonds is 3. The zero-order valence-corrected chi connectivity index (χ0v) is 14.9. The Morgan fingerprint density at radius 3 is 2.44 bits per heavy atom. The van der Waals surface area contributed by atoms with E-state index in [0.717, 1.165) is 0 Å². The van der Waals surface area contributed by atoms with Crippen molar-refractivity contribution >= 4 is 17.5 Å². The molecule has 1 spiro atoms. The number of carbonyl (C=O) groups excluding carboxylic acids is 2. The van der Waals surface area contributed by atoms with Gasteiger partial charge in [0, 0.05) is 43.4 Å². The molecular formula is C20H21N3O4. The minimum atomic E-state index is -0.518. The Bertz CT molecular complexity index is 824. The molecule has 0 bridgehead atoms. The number of piperidine rings is 1. The molecule has 1 aromatic heterocycles. The van der Waals surface area contributed by atoms with Crippen molar-refractivity contribution in [1.82, 2.24) is 9.88 Å². The summed E-state index contributed by atoms with van der Waals surface area (Å²) in [6.07, 6.45) is 2.80. The number of nitrogens with one attached hydrogen (secondary N) is 1. The van der Waals surface area contributed by atoms with Gasteiger partial charge in [-0.05, 0) is 24.3 Å². The fourth-order valence-corrected chi connectivity index (χ4v) is 3.42. The summed E-state index contributed by atoms with van der Waals surface area (Å²) >= 11 is 0. The number of hydrogen-bond acceptors (Lipinski definition) is 5. The number of carbonyl (C=O) groups is 2. The van der Waals surface area contributed by atoms with Gasteiger partial charge in [-0.1, -0.05) is 18.2 Å². The second kappa shape index (κ2) is 7.46. The molecule has 2 aliphatic rings. The highest BCUT2D eigenvalue weighted by atomic mass is 16.7. The zero-order chi connectivity index (χ0) is 18.7. The number of pyridine rings is 1. The van der Waals surface area contributed by atoms with Gasteiger partial charge >= 0.3 is 0 Å². The first-order valence-corrected chi connectivity index (χ1v) is 9.05. The number of ether oxygens (including phenoxy) is 2. The molecule has 0 radical (unpaired) electrons. The third-order valence-electron chi connectivity index (χ3n) is 4.90. The Labute approximate surface area is 157 Å². The molecule has 2 saturated heterocycles. The Morgan fingerprint density at radius 1 is 1.04 bits per heavy atom. The first-order chi connectivity index (χ1) is 13.2. The molecule has 0 atom stereocenters. The molecule has 2 aliphatic heterocycles. The number of nitrogens with zero attached hydrogens (tertiary/aromatic N) is 2. The summed E-state index contributed by atoms with van der Waals surface area (Å²) in [6, 6.07) is 12.3. The van der Waals surface area contributed by atoms with Crippen LogP contribution in [0.25, 0.3) is 0 Å². The van der Waals surface area contributed by atoms with Gasteiger partial charge in [0.25, 0.3) is 11.8 Å². The standard InChI is InChI=1S/C20H21N3O4/c24-18(22-16-4-2-1-3-5-16)17-14-15(6-9-21-17)19(25)23-10-7-20(8-11-23)26-12-13-27-20/h1-6,9,14H,7-8,10-13H2,(H,22,24). The molecule has 140 valence electrons.